The molecule has 0 saturated carbocycles. The lowest BCUT2D eigenvalue weighted by Gasteiger charge is -1.78. The predicted octanol–water partition coefficient (Wildman–Crippen LogP) is 0.990. The summed E-state index contributed by atoms with van der Waals surface area (Å²) in [7, 11) is -0.559. The molecule has 0 aromatic rings. The maximum atomic E-state index is 6.34. The zero-order valence-corrected chi connectivity index (χ0v) is 4.95. The lowest BCUT2D eigenvalue weighted by molar-refractivity contribution is 1.55. The highest BCUT2D eigenvalue weighted by Crippen LogP contribution is 1.73. The maximum Gasteiger partial charge on any atom is 0.205 e. The van der Waals surface area contributed by atoms with Gasteiger partial charge >= 0.3 is 0 Å². The highest BCUT2D eigenvalue weighted by molar-refractivity contribution is 6.54. The Morgan fingerprint density at radius 3 is 2.17 bits per heavy atom. The highest BCUT2D eigenvalue weighted by atomic mass is 28.3. The summed E-state index contributed by atoms with van der Waals surface area (Å²) >= 11 is 0. The normalized spacial score (nSPS) is 7.83. The van der Waals surface area contributed by atoms with Gasteiger partial charge in [0, 0.05) is 0 Å². The van der Waals surface area contributed by atoms with E-state index in [0.717, 1.165) is 0 Å². The van der Waals surface area contributed by atoms with Gasteiger partial charge < -0.3 is 0 Å². The topological polar surface area (TPSA) is 36.2 Å². The van der Waals surface area contributed by atoms with Crippen LogP contribution in [0.2, 0.25) is 13.1 Å². The first-order valence-corrected chi connectivity index (χ1v) is 4.14. The summed E-state index contributed by atoms with van der Waals surface area (Å²) in [6.45, 7) is 4.01. The van der Waals surface area contributed by atoms with Crippen LogP contribution in [0.25, 0.3) is 0 Å². The minimum atomic E-state index is -0.559. The van der Waals surface area contributed by atoms with E-state index in [4.69, 9.17) is 5.41 Å². The second-order valence-electron chi connectivity index (χ2n) is 1.17. The van der Waals surface area contributed by atoms with Crippen molar-refractivity contribution in [3.05, 3.63) is 0 Å². The Balaban J connectivity index is 3.29. The van der Waals surface area contributed by atoms with Gasteiger partial charge in [0.05, 0.1) is 6.01 Å². The van der Waals surface area contributed by atoms with Crippen molar-refractivity contribution >= 4 is 15.0 Å². The molecule has 3 heteroatoms. The first-order chi connectivity index (χ1) is 2.77. The molecule has 33 valence electrons. The molecule has 0 spiro atoms. The summed E-state index contributed by atoms with van der Waals surface area (Å²) in [4.78, 5) is 0. The number of hydrogen-bond acceptors (Lipinski definition) is 2. The summed E-state index contributed by atoms with van der Waals surface area (Å²) < 4.78 is 3.64. The van der Waals surface area contributed by atoms with E-state index < -0.39 is 8.96 Å². The van der Waals surface area contributed by atoms with Crippen molar-refractivity contribution < 1.29 is 0 Å². The number of nitrogens with zero attached hydrogens (tertiary/aromatic N) is 1. The smallest absolute Gasteiger partial charge is 0.205 e. The van der Waals surface area contributed by atoms with E-state index in [0.29, 0.717) is 0 Å². The molecule has 0 aliphatic rings. The van der Waals surface area contributed by atoms with Crippen LogP contribution in [0.15, 0.2) is 4.66 Å². The van der Waals surface area contributed by atoms with Crippen LogP contribution in [0.1, 0.15) is 0 Å². The largest absolute Gasteiger partial charge is 0.268 e. The van der Waals surface area contributed by atoms with Gasteiger partial charge in [-0.25, -0.2) is 5.41 Å². The molecule has 0 aromatic heterocycles. The van der Waals surface area contributed by atoms with Gasteiger partial charge in [-0.1, -0.05) is 0 Å². The standard InChI is InChI=1S/C3H7N2Si/c1-6(2)5-3-4/h4H,1-2H3. The summed E-state index contributed by atoms with van der Waals surface area (Å²) in [6, 6.07) is 1.99. The van der Waals surface area contributed by atoms with Gasteiger partial charge in [0.25, 0.3) is 0 Å². The minimum absolute atomic E-state index is 0.559. The van der Waals surface area contributed by atoms with Crippen molar-refractivity contribution in [1.29, 1.82) is 5.41 Å². The fourth-order valence-electron chi connectivity index (χ4n) is 0.112. The van der Waals surface area contributed by atoms with E-state index in [9.17, 15) is 0 Å². The molecule has 0 aromatic carbocycles. The van der Waals surface area contributed by atoms with E-state index >= 15 is 0 Å². The molecule has 0 atom stereocenters. The molecule has 0 unspecified atom stereocenters. The molecule has 2 nitrogen and oxygen atoms in total. The Bertz CT molecular complexity index is 72.9. The molecule has 0 rings (SSSR count). The average molecular weight is 99.2 g/mol. The Morgan fingerprint density at radius 2 is 2.17 bits per heavy atom. The summed E-state index contributed by atoms with van der Waals surface area (Å²) in [5.74, 6) is 0. The van der Waals surface area contributed by atoms with Crippen LogP contribution in [0.4, 0.5) is 0 Å². The third-order valence-electron chi connectivity index (χ3n) is 0.280. The van der Waals surface area contributed by atoms with Gasteiger partial charge in [0.2, 0.25) is 8.96 Å². The number of hydrogen-bond donors (Lipinski definition) is 1. The molecule has 1 N–H and O–H groups in total. The van der Waals surface area contributed by atoms with E-state index in [1.54, 1.807) is 0 Å². The Labute approximate surface area is 39.1 Å². The lowest BCUT2D eigenvalue weighted by atomic mass is 11.6. The number of nitrogens with one attached hydrogen (secondary N) is 1. The highest BCUT2D eigenvalue weighted by Gasteiger charge is 1.83. The van der Waals surface area contributed by atoms with Crippen molar-refractivity contribution in [2.24, 2.45) is 4.66 Å². The SMILES string of the molecule is C[Si](C)N=C=N. The van der Waals surface area contributed by atoms with Crippen LogP contribution < -0.4 is 0 Å². The van der Waals surface area contributed by atoms with Gasteiger partial charge in [0.1, 0.15) is 0 Å². The van der Waals surface area contributed by atoms with Crippen LogP contribution in [0.5, 0.6) is 0 Å². The second kappa shape index (κ2) is 2.81. The summed E-state index contributed by atoms with van der Waals surface area (Å²) in [5, 5.41) is 6.34. The molecular formula is C3H7N2Si. The van der Waals surface area contributed by atoms with Crippen LogP contribution in [0.3, 0.4) is 0 Å². The van der Waals surface area contributed by atoms with Gasteiger partial charge in [0.15, 0.2) is 0 Å². The zero-order valence-electron chi connectivity index (χ0n) is 3.95. The van der Waals surface area contributed by atoms with E-state index in [-0.39, 0.29) is 0 Å². The second-order valence-corrected chi connectivity index (χ2v) is 3.29. The predicted molar refractivity (Wildman–Crippen MR) is 27.6 cm³/mol. The fraction of sp³-hybridized carbons (Fsp3) is 0.667. The monoisotopic (exact) mass is 99.0 g/mol. The zero-order chi connectivity index (χ0) is 4.99. The van der Waals surface area contributed by atoms with Crippen LogP contribution in [-0.4, -0.2) is 15.0 Å². The van der Waals surface area contributed by atoms with Crippen molar-refractivity contribution in [3.8, 4) is 0 Å². The third kappa shape index (κ3) is 3.60. The van der Waals surface area contributed by atoms with Crippen LogP contribution >= 0.6 is 0 Å². The minimum Gasteiger partial charge on any atom is -0.268 e. The first kappa shape index (κ1) is 5.60. The van der Waals surface area contributed by atoms with Crippen LogP contribution in [-0.2, 0) is 0 Å². The van der Waals surface area contributed by atoms with Gasteiger partial charge in [-0.3, -0.25) is 4.66 Å². The Morgan fingerprint density at radius 1 is 1.67 bits per heavy atom. The van der Waals surface area contributed by atoms with E-state index in [2.05, 4.69) is 4.66 Å². The molecule has 0 amide bonds. The van der Waals surface area contributed by atoms with Crippen LogP contribution in [0, 0.1) is 5.41 Å². The quantitative estimate of drug-likeness (QED) is 0.376. The molecule has 0 saturated heterocycles. The van der Waals surface area contributed by atoms with Gasteiger partial charge in [-0.05, 0) is 13.1 Å². The van der Waals surface area contributed by atoms with E-state index in [1.807, 2.05) is 19.1 Å². The Hall–Kier alpha value is -0.403. The van der Waals surface area contributed by atoms with Crippen molar-refractivity contribution in [1.82, 2.24) is 0 Å². The summed E-state index contributed by atoms with van der Waals surface area (Å²) in [5.41, 5.74) is 0. The van der Waals surface area contributed by atoms with Gasteiger partial charge in [-0.15, -0.1) is 0 Å². The fourth-order valence-corrected chi connectivity index (χ4v) is 0.335. The van der Waals surface area contributed by atoms with E-state index in [1.165, 1.54) is 0 Å². The Kier molecular flexibility index (Phi) is 2.63. The maximum absolute atomic E-state index is 6.34. The molecular weight excluding hydrogens is 92.1 g/mol. The molecule has 0 heterocycles. The first-order valence-electron chi connectivity index (χ1n) is 1.70. The molecule has 1 radical (unpaired) electrons. The average Bonchev–Trinajstić information content (AvgIpc) is 1.35. The molecule has 0 fully saturated rings. The molecule has 0 aliphatic carbocycles. The molecule has 0 bridgehead atoms. The summed E-state index contributed by atoms with van der Waals surface area (Å²) in [6.07, 6.45) is 0. The van der Waals surface area contributed by atoms with Crippen molar-refractivity contribution in [3.63, 3.8) is 0 Å². The lowest BCUT2D eigenvalue weighted by Crippen LogP contribution is -1.90. The van der Waals surface area contributed by atoms with Gasteiger partial charge in [-0.2, -0.15) is 0 Å². The molecule has 0 aliphatic heterocycles. The molecule has 6 heavy (non-hydrogen) atoms. The third-order valence-corrected chi connectivity index (χ3v) is 0.839. The number of rotatable bonds is 1. The van der Waals surface area contributed by atoms with Crippen molar-refractivity contribution in [2.45, 2.75) is 13.1 Å². The van der Waals surface area contributed by atoms with Crippen molar-refractivity contribution in [2.75, 3.05) is 0 Å².